The van der Waals surface area contributed by atoms with Crippen LogP contribution in [0.25, 0.3) is 0 Å². The first-order chi connectivity index (χ1) is 6.45. The lowest BCUT2D eigenvalue weighted by molar-refractivity contribution is 0.514. The highest BCUT2D eigenvalue weighted by Gasteiger charge is 2.09. The molecule has 0 saturated carbocycles. The van der Waals surface area contributed by atoms with Gasteiger partial charge in [-0.05, 0) is 57.3 Å². The van der Waals surface area contributed by atoms with Crippen LogP contribution in [0.2, 0.25) is 0 Å². The van der Waals surface area contributed by atoms with Crippen LogP contribution in [-0.2, 0) is 0 Å². The molecule has 0 heterocycles. The third-order valence-electron chi connectivity index (χ3n) is 3.33. The first-order valence-electron chi connectivity index (χ1n) is 5.80. The van der Waals surface area contributed by atoms with Crippen LogP contribution in [0.3, 0.4) is 0 Å². The van der Waals surface area contributed by atoms with Crippen LogP contribution in [0.5, 0.6) is 0 Å². The first-order valence-corrected chi connectivity index (χ1v) is 5.80. The van der Waals surface area contributed by atoms with Gasteiger partial charge in [-0.3, -0.25) is 0 Å². The van der Waals surface area contributed by atoms with E-state index in [2.05, 4.69) is 18.2 Å². The van der Waals surface area contributed by atoms with E-state index in [0.717, 1.165) is 5.92 Å². The molecule has 0 fully saturated rings. The molecule has 2 bridgehead atoms. The lowest BCUT2D eigenvalue weighted by atomic mass is 9.96. The normalized spacial score (nSPS) is 36.0. The summed E-state index contributed by atoms with van der Waals surface area (Å²) in [4.78, 5) is 0. The molecule has 0 N–H and O–H groups in total. The summed E-state index contributed by atoms with van der Waals surface area (Å²) in [7, 11) is 0. The lowest BCUT2D eigenvalue weighted by Gasteiger charge is -2.09. The Balaban J connectivity index is 2.11. The van der Waals surface area contributed by atoms with Gasteiger partial charge < -0.3 is 0 Å². The number of hydrogen-bond acceptors (Lipinski definition) is 0. The second-order valence-corrected chi connectivity index (χ2v) is 4.41. The van der Waals surface area contributed by atoms with Crippen molar-refractivity contribution in [1.29, 1.82) is 0 Å². The van der Waals surface area contributed by atoms with Gasteiger partial charge in [0.1, 0.15) is 0 Å². The van der Waals surface area contributed by atoms with Crippen molar-refractivity contribution in [2.75, 3.05) is 0 Å². The van der Waals surface area contributed by atoms with Gasteiger partial charge in [0.25, 0.3) is 0 Å². The van der Waals surface area contributed by atoms with E-state index in [0.29, 0.717) is 0 Å². The summed E-state index contributed by atoms with van der Waals surface area (Å²) >= 11 is 0. The van der Waals surface area contributed by atoms with Crippen molar-refractivity contribution in [1.82, 2.24) is 0 Å². The van der Waals surface area contributed by atoms with Gasteiger partial charge in [-0.1, -0.05) is 23.8 Å². The van der Waals surface area contributed by atoms with Crippen LogP contribution in [0.4, 0.5) is 0 Å². The molecule has 0 aromatic rings. The summed E-state index contributed by atoms with van der Waals surface area (Å²) < 4.78 is 0. The maximum atomic E-state index is 2.52. The summed E-state index contributed by atoms with van der Waals surface area (Å²) in [5.74, 6) is 0.894. The summed E-state index contributed by atoms with van der Waals surface area (Å²) in [5.41, 5.74) is 1.73. The summed E-state index contributed by atoms with van der Waals surface area (Å²) in [6, 6.07) is 0. The molecule has 0 nitrogen and oxygen atoms in total. The van der Waals surface area contributed by atoms with E-state index in [4.69, 9.17) is 0 Å². The molecule has 2 aliphatic carbocycles. The van der Waals surface area contributed by atoms with Crippen molar-refractivity contribution in [3.8, 4) is 0 Å². The molecule has 2 aliphatic rings. The van der Waals surface area contributed by atoms with E-state index >= 15 is 0 Å². The van der Waals surface area contributed by atoms with Gasteiger partial charge >= 0.3 is 0 Å². The van der Waals surface area contributed by atoms with Crippen molar-refractivity contribution >= 4 is 0 Å². The fourth-order valence-corrected chi connectivity index (χ4v) is 2.50. The van der Waals surface area contributed by atoms with E-state index < -0.39 is 0 Å². The Morgan fingerprint density at radius 2 is 1.92 bits per heavy atom. The monoisotopic (exact) mass is 176 g/mol. The Hall–Kier alpha value is -0.520. The van der Waals surface area contributed by atoms with Crippen LogP contribution in [0.15, 0.2) is 23.8 Å². The van der Waals surface area contributed by atoms with Gasteiger partial charge in [0.15, 0.2) is 0 Å². The Bertz CT molecular complexity index is 210. The third-order valence-corrected chi connectivity index (χ3v) is 3.33. The highest BCUT2D eigenvalue weighted by Crippen LogP contribution is 2.26. The van der Waals surface area contributed by atoms with E-state index in [1.54, 1.807) is 5.57 Å². The topological polar surface area (TPSA) is 0 Å². The van der Waals surface area contributed by atoms with Crippen LogP contribution < -0.4 is 0 Å². The van der Waals surface area contributed by atoms with Gasteiger partial charge in [-0.2, -0.15) is 0 Å². The Morgan fingerprint density at radius 3 is 2.92 bits per heavy atom. The minimum Gasteiger partial charge on any atom is -0.0879 e. The van der Waals surface area contributed by atoms with E-state index in [9.17, 15) is 0 Å². The number of rotatable bonds is 0. The maximum absolute atomic E-state index is 2.52. The maximum Gasteiger partial charge on any atom is -0.0233 e. The smallest absolute Gasteiger partial charge is 0.0233 e. The molecular formula is C13H20. The van der Waals surface area contributed by atoms with Crippen molar-refractivity contribution in [3.05, 3.63) is 23.8 Å². The molecule has 0 aromatic carbocycles. The second-order valence-electron chi connectivity index (χ2n) is 4.41. The zero-order chi connectivity index (χ0) is 8.93. The number of allylic oxidation sites excluding steroid dienone is 4. The quantitative estimate of drug-likeness (QED) is 0.484. The van der Waals surface area contributed by atoms with Gasteiger partial charge in [-0.25, -0.2) is 0 Å². The molecule has 0 spiro atoms. The standard InChI is InChI=1S/C13H20/c1-2-7-13-9-4-3-8-12(6-1)10-5-11-13/h1,6,9,12H,2-5,7-8,10-11H2/b6-1-,13-9+. The van der Waals surface area contributed by atoms with E-state index in [1.165, 1.54) is 51.4 Å². The zero-order valence-electron chi connectivity index (χ0n) is 8.47. The molecule has 2 rings (SSSR count). The molecule has 0 saturated heterocycles. The molecule has 1 atom stereocenters. The van der Waals surface area contributed by atoms with Crippen LogP contribution in [0, 0.1) is 5.92 Å². The molecule has 0 aromatic heterocycles. The summed E-state index contributed by atoms with van der Waals surface area (Å²) in [6.07, 6.45) is 18.4. The highest BCUT2D eigenvalue weighted by atomic mass is 14.2. The molecule has 1 unspecified atom stereocenters. The Kier molecular flexibility index (Phi) is 3.23. The lowest BCUT2D eigenvalue weighted by Crippen LogP contribution is -1.95. The van der Waals surface area contributed by atoms with Crippen molar-refractivity contribution < 1.29 is 0 Å². The van der Waals surface area contributed by atoms with Gasteiger partial charge in [0.2, 0.25) is 0 Å². The minimum absolute atomic E-state index is 0.894. The second kappa shape index (κ2) is 4.64. The molecule has 0 amide bonds. The Labute approximate surface area is 81.7 Å². The average Bonchev–Trinajstić information content (AvgIpc) is 2.33. The average molecular weight is 176 g/mol. The molecule has 13 heavy (non-hydrogen) atoms. The summed E-state index contributed by atoms with van der Waals surface area (Å²) in [6.45, 7) is 0. The molecule has 0 aliphatic heterocycles. The SMILES string of the molecule is C1=C\C2CCC/C=C(\CC/1)CCC2. The molecule has 0 radical (unpaired) electrons. The minimum atomic E-state index is 0.894. The predicted molar refractivity (Wildman–Crippen MR) is 57.6 cm³/mol. The van der Waals surface area contributed by atoms with Gasteiger partial charge in [0, 0.05) is 0 Å². The fourth-order valence-electron chi connectivity index (χ4n) is 2.50. The fraction of sp³-hybridized carbons (Fsp3) is 0.692. The number of hydrogen-bond donors (Lipinski definition) is 0. The predicted octanol–water partition coefficient (Wildman–Crippen LogP) is 4.23. The number of fused-ring (bicyclic) bond motifs is 4. The van der Waals surface area contributed by atoms with E-state index in [1.807, 2.05) is 0 Å². The highest BCUT2D eigenvalue weighted by molar-refractivity contribution is 5.06. The van der Waals surface area contributed by atoms with Crippen molar-refractivity contribution in [2.24, 2.45) is 5.92 Å². The first kappa shape index (κ1) is 9.05. The van der Waals surface area contributed by atoms with Crippen molar-refractivity contribution in [3.63, 3.8) is 0 Å². The van der Waals surface area contributed by atoms with Crippen molar-refractivity contribution in [2.45, 2.75) is 51.4 Å². The third kappa shape index (κ3) is 2.72. The largest absolute Gasteiger partial charge is 0.0879 e. The molecular weight excluding hydrogens is 156 g/mol. The molecule has 72 valence electrons. The summed E-state index contributed by atoms with van der Waals surface area (Å²) in [5, 5.41) is 0. The molecule has 0 heteroatoms. The van der Waals surface area contributed by atoms with Crippen LogP contribution >= 0.6 is 0 Å². The Morgan fingerprint density at radius 1 is 1.00 bits per heavy atom. The van der Waals surface area contributed by atoms with Gasteiger partial charge in [-0.15, -0.1) is 0 Å². The van der Waals surface area contributed by atoms with Crippen LogP contribution in [-0.4, -0.2) is 0 Å². The van der Waals surface area contributed by atoms with Gasteiger partial charge in [0.05, 0.1) is 0 Å². The zero-order valence-corrected chi connectivity index (χ0v) is 8.47. The van der Waals surface area contributed by atoms with E-state index in [-0.39, 0.29) is 0 Å². The van der Waals surface area contributed by atoms with Crippen LogP contribution in [0.1, 0.15) is 51.4 Å².